The van der Waals surface area contributed by atoms with Gasteiger partial charge >= 0.3 is 0 Å². The van der Waals surface area contributed by atoms with Crippen LogP contribution >= 0.6 is 22.9 Å². The van der Waals surface area contributed by atoms with E-state index in [4.69, 9.17) is 17.3 Å². The summed E-state index contributed by atoms with van der Waals surface area (Å²) >= 11 is 6.93. The van der Waals surface area contributed by atoms with Crippen molar-refractivity contribution >= 4 is 44.7 Å². The van der Waals surface area contributed by atoms with E-state index in [1.54, 1.807) is 6.07 Å². The number of nitrogens with one attached hydrogen (secondary N) is 1. The van der Waals surface area contributed by atoms with E-state index < -0.39 is 27.8 Å². The molecule has 8 nitrogen and oxygen atoms in total. The Morgan fingerprint density at radius 2 is 2.04 bits per heavy atom. The van der Waals surface area contributed by atoms with Crippen LogP contribution in [0.2, 0.25) is 5.02 Å². The second-order valence-corrected chi connectivity index (χ2v) is 9.63. The number of carbonyl (C=O) groups excluding carboxylic acids is 2. The minimum absolute atomic E-state index is 0.163. The van der Waals surface area contributed by atoms with Gasteiger partial charge in [-0.25, -0.2) is 14.2 Å². The van der Waals surface area contributed by atoms with Crippen molar-refractivity contribution in [3.63, 3.8) is 0 Å². The molecule has 11 heteroatoms. The normalized spacial score (nSPS) is 14.4. The second-order valence-electron chi connectivity index (χ2n) is 6.14. The van der Waals surface area contributed by atoms with E-state index in [2.05, 4.69) is 19.1 Å². The molecule has 0 saturated heterocycles. The van der Waals surface area contributed by atoms with Crippen molar-refractivity contribution in [2.75, 3.05) is 0 Å². The summed E-state index contributed by atoms with van der Waals surface area (Å²) in [6.45, 7) is 3.82. The first-order valence-corrected chi connectivity index (χ1v) is 10.8. The minimum atomic E-state index is -3.57. The van der Waals surface area contributed by atoms with Crippen LogP contribution in [0, 0.1) is 5.92 Å². The zero-order chi connectivity index (χ0) is 20.0. The van der Waals surface area contributed by atoms with Crippen molar-refractivity contribution in [1.29, 1.82) is 0 Å². The topological polar surface area (TPSA) is 127 Å². The van der Waals surface area contributed by atoms with E-state index in [0.29, 0.717) is 11.4 Å². The Kier molecular flexibility index (Phi) is 7.42. The zero-order valence-electron chi connectivity index (χ0n) is 14.8. The number of nitrogens with zero attached hydrogens (tertiary/aromatic N) is 3. The molecule has 0 bridgehead atoms. The highest BCUT2D eigenvalue weighted by molar-refractivity contribution is 7.94. The summed E-state index contributed by atoms with van der Waals surface area (Å²) in [5.41, 5.74) is 5.84. The average Bonchev–Trinajstić information content (AvgIpc) is 3.02. The second kappa shape index (κ2) is 9.36. The maximum Gasteiger partial charge on any atom is 0.272 e. The monoisotopic (exact) mass is 429 g/mol. The lowest BCUT2D eigenvalue weighted by molar-refractivity contribution is -0.119. The van der Waals surface area contributed by atoms with Gasteiger partial charge in [0.05, 0.1) is 17.5 Å². The molecule has 2 unspecified atom stereocenters. The number of hydrogen-bond donors (Lipinski definition) is 2. The number of nitrogens with two attached hydrogens (primary N) is 1. The fourth-order valence-electron chi connectivity index (χ4n) is 2.12. The van der Waals surface area contributed by atoms with Gasteiger partial charge in [0.15, 0.2) is 9.92 Å². The van der Waals surface area contributed by atoms with Crippen molar-refractivity contribution in [2.45, 2.75) is 36.9 Å². The average molecular weight is 430 g/mol. The van der Waals surface area contributed by atoms with E-state index in [0.717, 1.165) is 11.3 Å². The fraction of sp³-hybridized carbons (Fsp3) is 0.375. The highest BCUT2D eigenvalue weighted by atomic mass is 35.5. The molecule has 27 heavy (non-hydrogen) atoms. The van der Waals surface area contributed by atoms with Crippen molar-refractivity contribution in [1.82, 2.24) is 14.7 Å². The molecule has 2 aromatic heterocycles. The molecule has 146 valence electrons. The Morgan fingerprint density at radius 1 is 1.37 bits per heavy atom. The lowest BCUT2D eigenvalue weighted by Gasteiger charge is -2.13. The lowest BCUT2D eigenvalue weighted by Crippen LogP contribution is -2.36. The number of aromatic nitrogens is 2. The molecule has 0 aliphatic heterocycles. The lowest BCUT2D eigenvalue weighted by atomic mass is 10.0. The summed E-state index contributed by atoms with van der Waals surface area (Å²) in [6.07, 6.45) is 3.16. The van der Waals surface area contributed by atoms with E-state index in [-0.39, 0.29) is 22.4 Å². The van der Waals surface area contributed by atoms with Crippen LogP contribution in [-0.2, 0) is 25.9 Å². The predicted molar refractivity (Wildman–Crippen MR) is 104 cm³/mol. The van der Waals surface area contributed by atoms with Gasteiger partial charge in [-0.3, -0.25) is 14.3 Å². The number of thiophene rings is 1. The SMILES string of the molecule is CC(C)CC(N)C(=O)N=S(=O)(NC(=O)Cc1ncccn1)c1cc(Cl)cs1. The smallest absolute Gasteiger partial charge is 0.272 e. The standard InChI is InChI=1S/C16H20ClN5O3S2/c1-10(2)6-12(18)16(24)22-27(25,15-7-11(17)9-26-15)21-14(23)8-13-19-4-3-5-20-13/h3-5,7,9-10,12H,6,8,18H2,1-2H3,(H,21,22,23,24,25). The molecule has 2 heterocycles. The molecule has 0 fully saturated rings. The zero-order valence-corrected chi connectivity index (χ0v) is 17.2. The van der Waals surface area contributed by atoms with Crippen molar-refractivity contribution in [2.24, 2.45) is 16.0 Å². The minimum Gasteiger partial charge on any atom is -0.320 e. The van der Waals surface area contributed by atoms with Crippen LogP contribution in [0.5, 0.6) is 0 Å². The predicted octanol–water partition coefficient (Wildman–Crippen LogP) is 2.19. The van der Waals surface area contributed by atoms with Crippen molar-refractivity contribution in [3.8, 4) is 0 Å². The first-order valence-electron chi connectivity index (χ1n) is 8.06. The Labute approximate surface area is 166 Å². The molecule has 2 amide bonds. The molecule has 0 radical (unpaired) electrons. The Bertz CT molecular complexity index is 923. The molecule has 0 aliphatic carbocycles. The summed E-state index contributed by atoms with van der Waals surface area (Å²) < 4.78 is 19.6. The number of hydrogen-bond acceptors (Lipinski definition) is 7. The number of rotatable bonds is 7. The van der Waals surface area contributed by atoms with Gasteiger partial charge in [-0.1, -0.05) is 25.4 Å². The van der Waals surface area contributed by atoms with Crippen molar-refractivity contribution in [3.05, 3.63) is 40.8 Å². The highest BCUT2D eigenvalue weighted by Gasteiger charge is 2.24. The quantitative estimate of drug-likeness (QED) is 0.694. The van der Waals surface area contributed by atoms with E-state index in [1.807, 2.05) is 13.8 Å². The third kappa shape index (κ3) is 6.35. The van der Waals surface area contributed by atoms with Gasteiger partial charge in [-0.2, -0.15) is 0 Å². The Morgan fingerprint density at radius 3 is 2.59 bits per heavy atom. The van der Waals surface area contributed by atoms with Crippen LogP contribution in [0.1, 0.15) is 26.1 Å². The van der Waals surface area contributed by atoms with Crippen molar-refractivity contribution < 1.29 is 13.8 Å². The molecule has 0 spiro atoms. The summed E-state index contributed by atoms with van der Waals surface area (Å²) in [5.74, 6) is -0.959. The number of carbonyl (C=O) groups is 2. The van der Waals surface area contributed by atoms with Crippen LogP contribution in [0.15, 0.2) is 38.5 Å². The summed E-state index contributed by atoms with van der Waals surface area (Å²) in [4.78, 5) is 32.6. The molecule has 0 aromatic carbocycles. The molecular formula is C16H20ClN5O3S2. The van der Waals surface area contributed by atoms with Crippen LogP contribution < -0.4 is 10.5 Å². The van der Waals surface area contributed by atoms with Gasteiger partial charge in [-0.15, -0.1) is 15.7 Å². The fourth-order valence-corrected chi connectivity index (χ4v) is 5.18. The summed E-state index contributed by atoms with van der Waals surface area (Å²) in [5, 5.41) is 1.87. The maximum atomic E-state index is 13.3. The Hall–Kier alpha value is -1.88. The maximum absolute atomic E-state index is 13.3. The summed E-state index contributed by atoms with van der Waals surface area (Å²) in [7, 11) is -3.57. The van der Waals surface area contributed by atoms with Gasteiger partial charge in [-0.05, 0) is 24.5 Å². The van der Waals surface area contributed by atoms with E-state index in [1.165, 1.54) is 23.8 Å². The molecule has 0 aliphatic rings. The molecule has 2 atom stereocenters. The van der Waals surface area contributed by atoms with Crippen LogP contribution in [0.25, 0.3) is 0 Å². The van der Waals surface area contributed by atoms with Gasteiger partial charge in [0.1, 0.15) is 10.0 Å². The van der Waals surface area contributed by atoms with Crippen LogP contribution in [-0.4, -0.2) is 32.0 Å². The van der Waals surface area contributed by atoms with Gasteiger partial charge in [0.2, 0.25) is 5.91 Å². The first-order chi connectivity index (χ1) is 12.7. The van der Waals surface area contributed by atoms with Crippen LogP contribution in [0.4, 0.5) is 0 Å². The highest BCUT2D eigenvalue weighted by Crippen LogP contribution is 2.25. The molecule has 2 rings (SSSR count). The van der Waals surface area contributed by atoms with E-state index >= 15 is 0 Å². The largest absolute Gasteiger partial charge is 0.320 e. The van der Waals surface area contributed by atoms with Gasteiger partial charge in [0, 0.05) is 17.8 Å². The number of amides is 2. The third-order valence-electron chi connectivity index (χ3n) is 3.27. The Balaban J connectivity index is 2.30. The molecular weight excluding hydrogens is 410 g/mol. The van der Waals surface area contributed by atoms with Crippen LogP contribution in [0.3, 0.4) is 0 Å². The van der Waals surface area contributed by atoms with Gasteiger partial charge in [0.25, 0.3) is 5.91 Å². The van der Waals surface area contributed by atoms with E-state index in [9.17, 15) is 13.8 Å². The molecule has 0 saturated carbocycles. The van der Waals surface area contributed by atoms with Gasteiger partial charge < -0.3 is 5.73 Å². The molecule has 2 aromatic rings. The summed E-state index contributed by atoms with van der Waals surface area (Å²) in [6, 6.07) is 2.11. The molecule has 3 N–H and O–H groups in total. The number of halogens is 1. The first kappa shape index (κ1) is 21.4. The third-order valence-corrected chi connectivity index (χ3v) is 6.91.